The molecule has 4 N–H and O–H groups in total. The van der Waals surface area contributed by atoms with Crippen molar-refractivity contribution < 1.29 is 9.53 Å². The van der Waals surface area contributed by atoms with Crippen LogP contribution in [0.15, 0.2) is 12.5 Å². The first-order valence-corrected chi connectivity index (χ1v) is 2.41. The molecule has 0 radical (unpaired) electrons. The Morgan fingerprint density at radius 2 is 2.56 bits per heavy atom. The maximum absolute atomic E-state index is 10.3. The second kappa shape index (κ2) is 2.36. The molecule has 0 aromatic carbocycles. The van der Waals surface area contributed by atoms with Gasteiger partial charge in [-0.3, -0.25) is 4.79 Å². The predicted molar refractivity (Wildman–Crippen MR) is 29.5 cm³/mol. The van der Waals surface area contributed by atoms with Crippen LogP contribution < -0.4 is 16.6 Å². The van der Waals surface area contributed by atoms with Crippen LogP contribution in [0, 0.1) is 0 Å². The Hall–Kier alpha value is -1.23. The molecule has 1 atom stereocenters. The Balaban J connectivity index is 2.44. The van der Waals surface area contributed by atoms with E-state index in [-0.39, 0.29) is 0 Å². The zero-order valence-corrected chi connectivity index (χ0v) is 4.63. The van der Waals surface area contributed by atoms with E-state index in [9.17, 15) is 4.79 Å². The van der Waals surface area contributed by atoms with Crippen LogP contribution in [0.2, 0.25) is 0 Å². The molecule has 0 bridgehead atoms. The van der Waals surface area contributed by atoms with Gasteiger partial charge in [0.1, 0.15) is 6.26 Å². The van der Waals surface area contributed by atoms with Gasteiger partial charge in [0, 0.05) is 6.20 Å². The van der Waals surface area contributed by atoms with Gasteiger partial charge in [-0.15, -0.1) is 0 Å². The van der Waals surface area contributed by atoms with Gasteiger partial charge in [0.15, 0.2) is 0 Å². The van der Waals surface area contributed by atoms with Crippen molar-refractivity contribution in [2.75, 3.05) is 0 Å². The van der Waals surface area contributed by atoms with Gasteiger partial charge in [-0.2, -0.15) is 5.43 Å². The lowest BCUT2D eigenvalue weighted by molar-refractivity contribution is -0.129. The first-order valence-electron chi connectivity index (χ1n) is 2.41. The molecule has 0 aromatic rings. The van der Waals surface area contributed by atoms with Crippen molar-refractivity contribution in [2.45, 2.75) is 6.23 Å². The van der Waals surface area contributed by atoms with Gasteiger partial charge in [-0.1, -0.05) is 0 Å². The summed E-state index contributed by atoms with van der Waals surface area (Å²) in [5, 5.41) is 0. The van der Waals surface area contributed by atoms with E-state index in [0.29, 0.717) is 0 Å². The van der Waals surface area contributed by atoms with Crippen molar-refractivity contribution in [3.63, 3.8) is 0 Å². The molecule has 0 aliphatic carbocycles. The number of hydrazine groups is 1. The first kappa shape index (κ1) is 5.90. The van der Waals surface area contributed by atoms with Gasteiger partial charge in [-0.25, -0.2) is 0 Å². The summed E-state index contributed by atoms with van der Waals surface area (Å²) in [5.41, 5.74) is 9.91. The Labute approximate surface area is 51.8 Å². The molecule has 0 saturated heterocycles. The number of hydrogen-bond acceptors (Lipinski definition) is 4. The monoisotopic (exact) mass is 129 g/mol. The van der Waals surface area contributed by atoms with E-state index in [4.69, 9.17) is 10.5 Å². The van der Waals surface area contributed by atoms with E-state index in [1.54, 1.807) is 0 Å². The van der Waals surface area contributed by atoms with E-state index >= 15 is 0 Å². The summed E-state index contributed by atoms with van der Waals surface area (Å²) < 4.78 is 4.71. The summed E-state index contributed by atoms with van der Waals surface area (Å²) in [7, 11) is 0. The van der Waals surface area contributed by atoms with Crippen LogP contribution in [0.5, 0.6) is 0 Å². The molecule has 9 heavy (non-hydrogen) atoms. The average Bonchev–Trinajstić information content (AvgIpc) is 1.90. The SMILES string of the molecule is NC(=O)C1NNC=CO1. The summed E-state index contributed by atoms with van der Waals surface area (Å²) in [4.78, 5) is 10.3. The normalized spacial score (nSPS) is 24.2. The van der Waals surface area contributed by atoms with Gasteiger partial charge in [0.2, 0.25) is 6.23 Å². The molecule has 0 spiro atoms. The van der Waals surface area contributed by atoms with E-state index < -0.39 is 12.1 Å². The standard InChI is InChI=1S/C4H7N3O2/c5-3(8)4-7-6-1-2-9-4/h1-2,4,6-7H,(H2,5,8). The highest BCUT2D eigenvalue weighted by Gasteiger charge is 2.14. The minimum atomic E-state index is -0.755. The summed E-state index contributed by atoms with van der Waals surface area (Å²) >= 11 is 0. The Kier molecular flexibility index (Phi) is 1.55. The van der Waals surface area contributed by atoms with Crippen LogP contribution in [-0.2, 0) is 9.53 Å². The van der Waals surface area contributed by atoms with Gasteiger partial charge in [0.25, 0.3) is 5.91 Å². The summed E-state index contributed by atoms with van der Waals surface area (Å²) in [6.45, 7) is 0. The fourth-order valence-electron chi connectivity index (χ4n) is 0.448. The molecule has 50 valence electrons. The fourth-order valence-corrected chi connectivity index (χ4v) is 0.448. The summed E-state index contributed by atoms with van der Waals surface area (Å²) in [6, 6.07) is 0. The van der Waals surface area contributed by atoms with Crippen molar-refractivity contribution in [1.82, 2.24) is 10.9 Å². The number of nitrogens with one attached hydrogen (secondary N) is 2. The minimum absolute atomic E-state index is 0.549. The molecule has 1 aliphatic rings. The lowest BCUT2D eigenvalue weighted by Crippen LogP contribution is -2.49. The van der Waals surface area contributed by atoms with Crippen LogP contribution in [-0.4, -0.2) is 12.1 Å². The molecule has 0 fully saturated rings. The van der Waals surface area contributed by atoms with E-state index in [0.717, 1.165) is 0 Å². The van der Waals surface area contributed by atoms with Gasteiger partial charge >= 0.3 is 0 Å². The van der Waals surface area contributed by atoms with Crippen LogP contribution in [0.3, 0.4) is 0 Å². The third kappa shape index (κ3) is 1.33. The van der Waals surface area contributed by atoms with Crippen LogP contribution in [0.4, 0.5) is 0 Å². The lowest BCUT2D eigenvalue weighted by Gasteiger charge is -2.17. The minimum Gasteiger partial charge on any atom is -0.470 e. The van der Waals surface area contributed by atoms with Gasteiger partial charge in [0.05, 0.1) is 0 Å². The highest BCUT2D eigenvalue weighted by Crippen LogP contribution is 1.88. The lowest BCUT2D eigenvalue weighted by atomic mass is 10.5. The van der Waals surface area contributed by atoms with E-state index in [1.807, 2.05) is 0 Å². The molecule has 5 nitrogen and oxygen atoms in total. The topological polar surface area (TPSA) is 76.4 Å². The number of carbonyl (C=O) groups excluding carboxylic acids is 1. The van der Waals surface area contributed by atoms with Crippen molar-refractivity contribution in [3.8, 4) is 0 Å². The van der Waals surface area contributed by atoms with Gasteiger partial charge in [-0.05, 0) is 0 Å². The third-order valence-electron chi connectivity index (χ3n) is 0.839. The number of hydrogen-bond donors (Lipinski definition) is 3. The highest BCUT2D eigenvalue weighted by atomic mass is 16.5. The number of rotatable bonds is 1. The van der Waals surface area contributed by atoms with Crippen LogP contribution in [0.1, 0.15) is 0 Å². The van der Waals surface area contributed by atoms with Gasteiger partial charge < -0.3 is 15.9 Å². The number of primary amides is 1. The second-order valence-corrected chi connectivity index (χ2v) is 1.51. The molecular formula is C4H7N3O2. The quantitative estimate of drug-likeness (QED) is 0.398. The molecule has 0 saturated carbocycles. The smallest absolute Gasteiger partial charge is 0.275 e. The molecule has 5 heteroatoms. The Morgan fingerprint density at radius 1 is 1.78 bits per heavy atom. The average molecular weight is 129 g/mol. The molecular weight excluding hydrogens is 122 g/mol. The Morgan fingerprint density at radius 3 is 2.89 bits per heavy atom. The first-order chi connectivity index (χ1) is 4.30. The van der Waals surface area contributed by atoms with Crippen LogP contribution in [0.25, 0.3) is 0 Å². The number of nitrogens with two attached hydrogens (primary N) is 1. The second-order valence-electron chi connectivity index (χ2n) is 1.51. The largest absolute Gasteiger partial charge is 0.470 e. The van der Waals surface area contributed by atoms with Crippen molar-refractivity contribution in [3.05, 3.63) is 12.5 Å². The molecule has 1 amide bonds. The molecule has 1 unspecified atom stereocenters. The maximum Gasteiger partial charge on any atom is 0.275 e. The molecule has 1 heterocycles. The fraction of sp³-hybridized carbons (Fsp3) is 0.250. The number of amides is 1. The van der Waals surface area contributed by atoms with E-state index in [2.05, 4.69) is 10.9 Å². The number of carbonyl (C=O) groups is 1. The molecule has 0 aromatic heterocycles. The van der Waals surface area contributed by atoms with Crippen molar-refractivity contribution >= 4 is 5.91 Å². The molecule has 1 aliphatic heterocycles. The highest BCUT2D eigenvalue weighted by molar-refractivity contribution is 5.78. The van der Waals surface area contributed by atoms with E-state index in [1.165, 1.54) is 12.5 Å². The van der Waals surface area contributed by atoms with Crippen molar-refractivity contribution in [2.24, 2.45) is 5.73 Å². The zero-order valence-electron chi connectivity index (χ0n) is 4.63. The number of ether oxygens (including phenoxy) is 1. The van der Waals surface area contributed by atoms with Crippen molar-refractivity contribution in [1.29, 1.82) is 0 Å². The third-order valence-corrected chi connectivity index (χ3v) is 0.839. The predicted octanol–water partition coefficient (Wildman–Crippen LogP) is -1.61. The summed E-state index contributed by atoms with van der Waals surface area (Å²) in [6.07, 6.45) is 2.11. The summed E-state index contributed by atoms with van der Waals surface area (Å²) in [5.74, 6) is -0.549. The molecule has 1 rings (SSSR count). The Bertz CT molecular complexity index is 145. The van der Waals surface area contributed by atoms with Crippen LogP contribution >= 0.6 is 0 Å². The maximum atomic E-state index is 10.3. The zero-order chi connectivity index (χ0) is 6.69.